The largest absolute Gasteiger partial charge is 0.493 e. The molecular weight excluding hydrogens is 592 g/mol. The van der Waals surface area contributed by atoms with E-state index in [9.17, 15) is 9.59 Å². The Morgan fingerprint density at radius 2 is 1.86 bits per heavy atom. The highest BCUT2D eigenvalue weighted by Gasteiger charge is 2.14. The highest BCUT2D eigenvalue weighted by molar-refractivity contribution is 9.10. The zero-order valence-electron chi connectivity index (χ0n) is 19.7. The van der Waals surface area contributed by atoms with Crippen LogP contribution in [0.3, 0.4) is 0 Å². The van der Waals surface area contributed by atoms with Gasteiger partial charge in [-0.05, 0) is 77.8 Å². The van der Waals surface area contributed by atoms with Crippen LogP contribution < -0.4 is 20.3 Å². The summed E-state index contributed by atoms with van der Waals surface area (Å²) in [6.45, 7) is 3.49. The number of aryl methyl sites for hydroxylation is 2. The van der Waals surface area contributed by atoms with E-state index in [-0.39, 0.29) is 18.1 Å². The molecule has 0 spiro atoms. The van der Waals surface area contributed by atoms with E-state index in [0.29, 0.717) is 43.9 Å². The van der Waals surface area contributed by atoms with Crippen LogP contribution in [0.5, 0.6) is 11.5 Å². The van der Waals surface area contributed by atoms with Crippen LogP contribution in [0.15, 0.2) is 73.4 Å². The fourth-order valence-corrected chi connectivity index (χ4v) is 4.38. The normalized spacial score (nSPS) is 11.1. The molecule has 0 aliphatic rings. The molecule has 0 unspecified atom stereocenters. The van der Waals surface area contributed by atoms with E-state index in [2.05, 4.69) is 47.3 Å². The van der Waals surface area contributed by atoms with Gasteiger partial charge in [-0.3, -0.25) is 9.59 Å². The second-order valence-electron chi connectivity index (χ2n) is 7.92. The fourth-order valence-electron chi connectivity index (χ4n) is 3.45. The molecule has 0 radical (unpaired) electrons. The minimum absolute atomic E-state index is 0.205. The number of nitrogens with one attached hydrogen (secondary N) is 1. The van der Waals surface area contributed by atoms with Gasteiger partial charge in [0.05, 0.1) is 28.7 Å². The molecule has 1 amide bonds. The van der Waals surface area contributed by atoms with Crippen molar-refractivity contribution < 1.29 is 14.3 Å². The van der Waals surface area contributed by atoms with E-state index in [0.717, 1.165) is 10.0 Å². The van der Waals surface area contributed by atoms with Gasteiger partial charge in [-0.1, -0.05) is 33.6 Å². The van der Waals surface area contributed by atoms with Crippen LogP contribution in [0.25, 0.3) is 10.9 Å². The van der Waals surface area contributed by atoms with E-state index in [1.807, 2.05) is 37.3 Å². The number of halogens is 2. The quantitative estimate of drug-likeness (QED) is 0.280. The van der Waals surface area contributed by atoms with Gasteiger partial charge in [0.25, 0.3) is 11.5 Å². The number of benzene rings is 3. The Morgan fingerprint density at radius 1 is 1.11 bits per heavy atom. The number of methoxy groups -OCH3 is 1. The van der Waals surface area contributed by atoms with Gasteiger partial charge in [0.1, 0.15) is 5.82 Å². The van der Waals surface area contributed by atoms with Gasteiger partial charge in [-0.15, -0.1) is 0 Å². The fraction of sp³-hybridized carbons (Fsp3) is 0.154. The predicted octanol–water partition coefficient (Wildman–Crippen LogP) is 5.45. The molecule has 4 aromatic rings. The molecular formula is C26H22Br2N4O4. The van der Waals surface area contributed by atoms with Crippen molar-refractivity contribution in [1.82, 2.24) is 9.66 Å². The zero-order chi connectivity index (χ0) is 25.8. The summed E-state index contributed by atoms with van der Waals surface area (Å²) in [6, 6.07) is 16.3. The lowest BCUT2D eigenvalue weighted by Gasteiger charge is -2.13. The Balaban J connectivity index is 1.54. The number of anilines is 1. The first-order chi connectivity index (χ1) is 17.2. The van der Waals surface area contributed by atoms with Crippen LogP contribution in [-0.2, 0) is 4.79 Å². The van der Waals surface area contributed by atoms with Crippen molar-refractivity contribution in [3.63, 3.8) is 0 Å². The second kappa shape index (κ2) is 11.0. The van der Waals surface area contributed by atoms with Crippen molar-refractivity contribution in [3.8, 4) is 11.5 Å². The van der Waals surface area contributed by atoms with E-state index in [1.54, 1.807) is 31.2 Å². The number of rotatable bonds is 7. The minimum atomic E-state index is -0.302. The first-order valence-electron chi connectivity index (χ1n) is 10.9. The Bertz CT molecular complexity index is 1530. The van der Waals surface area contributed by atoms with Crippen molar-refractivity contribution >= 4 is 60.6 Å². The monoisotopic (exact) mass is 612 g/mol. The summed E-state index contributed by atoms with van der Waals surface area (Å²) in [5, 5.41) is 7.60. The number of amides is 1. The molecule has 184 valence electrons. The summed E-state index contributed by atoms with van der Waals surface area (Å²) in [7, 11) is 1.50. The number of hydrogen-bond acceptors (Lipinski definition) is 6. The van der Waals surface area contributed by atoms with Crippen molar-refractivity contribution in [2.75, 3.05) is 19.0 Å². The first-order valence-corrected chi connectivity index (χ1v) is 12.4. The Labute approximate surface area is 224 Å². The number of aromatic nitrogens is 2. The van der Waals surface area contributed by atoms with Crippen LogP contribution in [0.4, 0.5) is 5.69 Å². The minimum Gasteiger partial charge on any atom is -0.493 e. The lowest BCUT2D eigenvalue weighted by molar-refractivity contribution is -0.118. The van der Waals surface area contributed by atoms with Crippen molar-refractivity contribution in [2.45, 2.75) is 13.8 Å². The summed E-state index contributed by atoms with van der Waals surface area (Å²) in [5.74, 6) is 0.929. The highest BCUT2D eigenvalue weighted by Crippen LogP contribution is 2.36. The van der Waals surface area contributed by atoms with Gasteiger partial charge in [-0.2, -0.15) is 9.78 Å². The maximum atomic E-state index is 13.0. The number of hydrogen-bond donors (Lipinski definition) is 1. The van der Waals surface area contributed by atoms with Gasteiger partial charge in [-0.25, -0.2) is 4.98 Å². The van der Waals surface area contributed by atoms with Crippen molar-refractivity contribution in [2.24, 2.45) is 5.10 Å². The third-order valence-electron chi connectivity index (χ3n) is 5.23. The maximum absolute atomic E-state index is 13.0. The molecule has 0 saturated heterocycles. The van der Waals surface area contributed by atoms with Crippen molar-refractivity contribution in [3.05, 3.63) is 90.8 Å². The van der Waals surface area contributed by atoms with Gasteiger partial charge < -0.3 is 14.8 Å². The lowest BCUT2D eigenvalue weighted by atomic mass is 10.2. The van der Waals surface area contributed by atoms with Gasteiger partial charge in [0, 0.05) is 10.2 Å². The third-order valence-corrected chi connectivity index (χ3v) is 6.31. The number of ether oxygens (including phenoxy) is 2. The molecule has 1 N–H and O–H groups in total. The van der Waals surface area contributed by atoms with Crippen LogP contribution in [0.1, 0.15) is 17.0 Å². The van der Waals surface area contributed by atoms with Gasteiger partial charge in [0.15, 0.2) is 18.1 Å². The molecule has 0 fully saturated rings. The molecule has 36 heavy (non-hydrogen) atoms. The zero-order valence-corrected chi connectivity index (χ0v) is 22.9. The van der Waals surface area contributed by atoms with Crippen LogP contribution in [-0.4, -0.2) is 35.5 Å². The van der Waals surface area contributed by atoms with E-state index in [1.165, 1.54) is 18.0 Å². The molecule has 10 heteroatoms. The SMILES string of the molecule is COc1cc(C=Nn2c(C)nc3ccc(Br)cc3c2=O)cc(Br)c1OCC(=O)Nc1ccc(C)cc1. The number of carbonyl (C=O) groups is 1. The van der Waals surface area contributed by atoms with Crippen molar-refractivity contribution in [1.29, 1.82) is 0 Å². The van der Waals surface area contributed by atoms with Gasteiger partial charge in [0.2, 0.25) is 0 Å². The lowest BCUT2D eigenvalue weighted by Crippen LogP contribution is -2.21. The van der Waals surface area contributed by atoms with Crippen LogP contribution in [0.2, 0.25) is 0 Å². The summed E-state index contributed by atoms with van der Waals surface area (Å²) in [6.07, 6.45) is 1.53. The third kappa shape index (κ3) is 5.83. The highest BCUT2D eigenvalue weighted by atomic mass is 79.9. The van der Waals surface area contributed by atoms with Crippen LogP contribution in [0, 0.1) is 13.8 Å². The topological polar surface area (TPSA) is 94.8 Å². The number of carbonyl (C=O) groups excluding carboxylic acids is 1. The summed E-state index contributed by atoms with van der Waals surface area (Å²) in [4.78, 5) is 29.8. The number of nitrogens with zero attached hydrogens (tertiary/aromatic N) is 3. The maximum Gasteiger partial charge on any atom is 0.282 e. The summed E-state index contributed by atoms with van der Waals surface area (Å²) in [5.41, 5.74) is 2.76. The Hall–Kier alpha value is -3.50. The number of fused-ring (bicyclic) bond motifs is 1. The molecule has 3 aromatic carbocycles. The van der Waals surface area contributed by atoms with E-state index < -0.39 is 0 Å². The molecule has 0 aliphatic carbocycles. The smallest absolute Gasteiger partial charge is 0.282 e. The van der Waals surface area contributed by atoms with Gasteiger partial charge >= 0.3 is 0 Å². The summed E-state index contributed by atoms with van der Waals surface area (Å²) < 4.78 is 13.8. The molecule has 0 atom stereocenters. The molecule has 0 bridgehead atoms. The molecule has 0 aliphatic heterocycles. The molecule has 8 nitrogen and oxygen atoms in total. The molecule has 1 aromatic heterocycles. The van der Waals surface area contributed by atoms with Crippen LogP contribution >= 0.6 is 31.9 Å². The van der Waals surface area contributed by atoms with E-state index in [4.69, 9.17) is 9.47 Å². The predicted molar refractivity (Wildman–Crippen MR) is 147 cm³/mol. The standard InChI is InChI=1S/C26H22Br2N4O4/c1-15-4-7-19(8-5-15)31-24(33)14-36-25-21(28)10-17(11-23(25)35-3)13-29-32-16(2)30-22-9-6-18(27)12-20(22)26(32)34/h4-13H,14H2,1-3H3,(H,31,33). The Morgan fingerprint density at radius 3 is 2.58 bits per heavy atom. The first kappa shape index (κ1) is 25.6. The molecule has 4 rings (SSSR count). The second-order valence-corrected chi connectivity index (χ2v) is 9.69. The summed E-state index contributed by atoms with van der Waals surface area (Å²) >= 11 is 6.86. The molecule has 1 heterocycles. The van der Waals surface area contributed by atoms with E-state index >= 15 is 0 Å². The molecule has 0 saturated carbocycles. The average molecular weight is 614 g/mol. The average Bonchev–Trinajstić information content (AvgIpc) is 2.85. The Kier molecular flexibility index (Phi) is 7.85.